The molecule has 0 heterocycles. The van der Waals surface area contributed by atoms with Crippen LogP contribution in [0.2, 0.25) is 0 Å². The Morgan fingerprint density at radius 3 is 0.800 bits per heavy atom. The molecule has 490 valence electrons. The molecule has 0 aliphatic rings. The van der Waals surface area contributed by atoms with E-state index >= 15 is 0 Å². The van der Waals surface area contributed by atoms with Crippen molar-refractivity contribution < 1.29 is 114 Å². The molecule has 0 aliphatic heterocycles. The van der Waals surface area contributed by atoms with Gasteiger partial charge in [-0.2, -0.15) is 5.70 Å². The number of halogens is 20. The zero-order valence-corrected chi connectivity index (χ0v) is 55.0. The quantitative estimate of drug-likeness (QED) is 0.0245. The van der Waals surface area contributed by atoms with Gasteiger partial charge in [0.15, 0.2) is 69.8 Å². The molecular formula is C65H71B2F20N2Sc. The normalized spacial score (nSPS) is 12.0. The zero-order chi connectivity index (χ0) is 68.4. The Bertz CT molecular complexity index is 3130. The first kappa shape index (κ1) is 80.2. The van der Waals surface area contributed by atoms with Crippen LogP contribution in [0.5, 0.6) is 0 Å². The number of allylic oxidation sites excluding steroid dienone is 2. The summed E-state index contributed by atoms with van der Waals surface area (Å²) in [6, 6.07) is 13.3. The van der Waals surface area contributed by atoms with Crippen LogP contribution in [0, 0.1) is 127 Å². The minimum atomic E-state index is -3.11. The van der Waals surface area contributed by atoms with Crippen molar-refractivity contribution in [2.45, 2.75) is 160 Å². The zero-order valence-electron chi connectivity index (χ0n) is 53.2. The van der Waals surface area contributed by atoms with Crippen molar-refractivity contribution in [3.8, 4) is 0 Å². The first-order valence-corrected chi connectivity index (χ1v) is 28.9. The van der Waals surface area contributed by atoms with Crippen molar-refractivity contribution in [1.82, 2.24) is 0 Å². The van der Waals surface area contributed by atoms with E-state index in [1.807, 2.05) is 0 Å². The van der Waals surface area contributed by atoms with Gasteiger partial charge in [-0.15, -0.1) is 27.5 Å². The maximum Gasteiger partial charge on any atom is 3.00 e. The molecule has 6 aromatic rings. The molecule has 0 saturated carbocycles. The van der Waals surface area contributed by atoms with Crippen LogP contribution in [-0.2, 0) is 25.8 Å². The van der Waals surface area contributed by atoms with Gasteiger partial charge >= 0.3 is 25.8 Å². The average Bonchev–Trinajstić information content (AvgIpc) is 0.981. The molecule has 0 amide bonds. The van der Waals surface area contributed by atoms with E-state index < -0.39 is 153 Å². The second kappa shape index (κ2) is 33.6. The average molecular weight is 1330 g/mol. The third kappa shape index (κ3) is 18.9. The Morgan fingerprint density at radius 2 is 0.600 bits per heavy atom. The number of aliphatic imine (C=N–C) groups is 1. The van der Waals surface area contributed by atoms with Crippen molar-refractivity contribution in [2.75, 3.05) is 0 Å². The standard InChI is InChI=1S/C35H53N2.2C12H2BF10.C6H14.Sc/c1-22(2)26-17-15-18-27(23(3)4)32(26)36-30(34(9,10)11)21-31(35(12,13)14)37-33-28(24(5)6)19-16-20-29(33)25(7)8;2*14-3-1(4(15)8(19)11(22)7(3)18)13-2-5(16)9(20)12(23)10(21)6(2)17;1-3-5-6-4-2;/h15-25H,1-14H3;2*13H2;3-6H2,1-2H3;/q3*-1;;+3/b30-21-,37-31?;;;;. The predicted octanol–water partition coefficient (Wildman–Crippen LogP) is 18.9. The van der Waals surface area contributed by atoms with Crippen LogP contribution in [0.15, 0.2) is 53.2 Å². The minimum absolute atomic E-state index is 0. The van der Waals surface area contributed by atoms with Gasteiger partial charge in [0.1, 0.15) is 46.5 Å². The molecule has 0 unspecified atom stereocenters. The largest absolute Gasteiger partial charge is 3.00 e. The summed E-state index contributed by atoms with van der Waals surface area (Å²) < 4.78 is 263. The molecule has 90 heavy (non-hydrogen) atoms. The molecule has 0 aliphatic carbocycles. The second-order valence-electron chi connectivity index (χ2n) is 24.8. The molecule has 0 bridgehead atoms. The van der Waals surface area contributed by atoms with E-state index in [9.17, 15) is 87.8 Å². The molecule has 0 spiro atoms. The molecule has 0 fully saturated rings. The van der Waals surface area contributed by atoms with E-state index in [0.29, 0.717) is 23.7 Å². The van der Waals surface area contributed by atoms with Crippen molar-refractivity contribution in [3.63, 3.8) is 0 Å². The van der Waals surface area contributed by atoms with Crippen LogP contribution >= 0.6 is 0 Å². The monoisotopic (exact) mass is 1330 g/mol. The Kier molecular flexibility index (Phi) is 30.0. The van der Waals surface area contributed by atoms with Gasteiger partial charge in [0, 0.05) is 25.7 Å². The van der Waals surface area contributed by atoms with Crippen LogP contribution in [0.4, 0.5) is 99.2 Å². The summed E-state index contributed by atoms with van der Waals surface area (Å²) in [5.41, 5.74) is 2.94. The summed E-state index contributed by atoms with van der Waals surface area (Å²) in [7, 11) is -6.22. The molecule has 0 aromatic heterocycles. The van der Waals surface area contributed by atoms with Gasteiger partial charge in [-0.25, -0.2) is 87.8 Å². The van der Waals surface area contributed by atoms with Crippen molar-refractivity contribution >= 4 is 53.5 Å². The second-order valence-corrected chi connectivity index (χ2v) is 24.8. The third-order valence-electron chi connectivity index (χ3n) is 14.6. The topological polar surface area (TPSA) is 26.5 Å². The number of benzene rings is 6. The van der Waals surface area contributed by atoms with Crippen LogP contribution in [0.25, 0.3) is 5.32 Å². The summed E-state index contributed by atoms with van der Waals surface area (Å²) in [5.74, 6) is -46.5. The first-order chi connectivity index (χ1) is 41.0. The van der Waals surface area contributed by atoms with E-state index in [-0.39, 0.29) is 36.7 Å². The van der Waals surface area contributed by atoms with Gasteiger partial charge in [-0.3, -0.25) is 4.99 Å². The van der Waals surface area contributed by atoms with E-state index in [1.165, 1.54) is 47.9 Å². The Morgan fingerprint density at radius 1 is 0.378 bits per heavy atom. The molecule has 6 rings (SSSR count). The van der Waals surface area contributed by atoms with E-state index in [2.05, 4.69) is 153 Å². The molecule has 0 saturated heterocycles. The van der Waals surface area contributed by atoms with Gasteiger partial charge in [-0.1, -0.05) is 190 Å². The number of hydrogen-bond donors (Lipinski definition) is 0. The minimum Gasteiger partial charge on any atom is -0.660 e. The Hall–Kier alpha value is -5.87. The summed E-state index contributed by atoms with van der Waals surface area (Å²) in [6.45, 7) is 36.1. The molecule has 25 heteroatoms. The fourth-order valence-electron chi connectivity index (χ4n) is 9.22. The number of nitrogens with zero attached hydrogens (tertiary/aromatic N) is 2. The van der Waals surface area contributed by atoms with Crippen molar-refractivity contribution in [3.05, 3.63) is 192 Å². The third-order valence-corrected chi connectivity index (χ3v) is 14.6. The van der Waals surface area contributed by atoms with E-state index in [4.69, 9.17) is 10.3 Å². The summed E-state index contributed by atoms with van der Waals surface area (Å²) in [6.07, 6.45) is 7.82. The fourth-order valence-corrected chi connectivity index (χ4v) is 9.22. The summed E-state index contributed by atoms with van der Waals surface area (Å²) in [5, 5.41) is 5.46. The maximum absolute atomic E-state index is 13.4. The smallest absolute Gasteiger partial charge is 0.660 e. The molecule has 6 aromatic carbocycles. The maximum atomic E-state index is 13.4. The number of para-hydroxylation sites is 2. The van der Waals surface area contributed by atoms with Gasteiger partial charge < -0.3 is 5.32 Å². The van der Waals surface area contributed by atoms with Gasteiger partial charge in [-0.05, 0) is 40.2 Å². The van der Waals surface area contributed by atoms with E-state index in [1.54, 1.807) is 0 Å². The van der Waals surface area contributed by atoms with Gasteiger partial charge in [0.25, 0.3) is 0 Å². The first-order valence-electron chi connectivity index (χ1n) is 28.9. The molecule has 0 atom stereocenters. The van der Waals surface area contributed by atoms with Crippen LogP contribution in [0.3, 0.4) is 0 Å². The Balaban J connectivity index is 0.000000453. The SMILES string of the molecule is CC(C)c1cccc(C(C)C)c1N=C(/C=C(\[N-]c1c(C(C)C)cccc1C(C)C)C(C)(C)C)C(C)(C)C.CCCCCC.Fc1c(F)c(F)c([BH2-]c2c(F)c(F)c(F)c(F)c2F)c(F)c1F.Fc1c(F)c(F)c([BH2-]c2c(F)c(F)c(F)c(F)c2F)c(F)c1F.[Sc+3]. The number of rotatable bonds is 15. The molecule has 0 radical (unpaired) electrons. The molecular weight excluding hydrogens is 1260 g/mol. The van der Waals surface area contributed by atoms with Crippen LogP contribution in [0.1, 0.15) is 182 Å². The van der Waals surface area contributed by atoms with Crippen LogP contribution < -0.4 is 21.9 Å². The van der Waals surface area contributed by atoms with Crippen molar-refractivity contribution in [2.24, 2.45) is 15.8 Å². The Labute approximate surface area is 532 Å². The fraction of sp³-hybridized carbons (Fsp3) is 0.400. The van der Waals surface area contributed by atoms with Crippen molar-refractivity contribution in [1.29, 1.82) is 0 Å². The molecule has 0 N–H and O–H groups in total. The predicted molar refractivity (Wildman–Crippen MR) is 317 cm³/mol. The van der Waals surface area contributed by atoms with Gasteiger partial charge in [0.05, 0.1) is 5.69 Å². The number of unbranched alkanes of at least 4 members (excludes halogenated alkanes) is 3. The summed E-state index contributed by atoms with van der Waals surface area (Å²) >= 11 is 0. The summed E-state index contributed by atoms with van der Waals surface area (Å²) in [4.78, 5) is 5.46. The van der Waals surface area contributed by atoms with Crippen LogP contribution in [-0.4, -0.2) is 20.3 Å². The molecule has 2 nitrogen and oxygen atoms in total. The van der Waals surface area contributed by atoms with E-state index in [0.717, 1.165) is 22.8 Å². The number of hydrogen-bond acceptors (Lipinski definition) is 1. The van der Waals surface area contributed by atoms with Gasteiger partial charge in [0.2, 0.25) is 0 Å².